The van der Waals surface area contributed by atoms with Crippen LogP contribution in [0.5, 0.6) is 0 Å². The van der Waals surface area contributed by atoms with E-state index in [-0.39, 0.29) is 17.4 Å². The molecule has 6 heteroatoms. The molecule has 1 saturated heterocycles. The zero-order chi connectivity index (χ0) is 16.6. The number of halogens is 1. The SMILES string of the molecule is CC(C)(C)C(=O)NC1CCN(c2nc3cc(Cl)ccc3o2)CC1. The van der Waals surface area contributed by atoms with E-state index in [4.69, 9.17) is 16.0 Å². The number of nitrogens with zero attached hydrogens (tertiary/aromatic N) is 2. The van der Waals surface area contributed by atoms with Gasteiger partial charge >= 0.3 is 0 Å². The molecule has 1 fully saturated rings. The Morgan fingerprint density at radius 2 is 2.04 bits per heavy atom. The maximum Gasteiger partial charge on any atom is 0.298 e. The third-order valence-electron chi connectivity index (χ3n) is 4.12. The highest BCUT2D eigenvalue weighted by Crippen LogP contribution is 2.26. The van der Waals surface area contributed by atoms with Gasteiger partial charge in [0.05, 0.1) is 0 Å². The summed E-state index contributed by atoms with van der Waals surface area (Å²) in [5, 5.41) is 3.78. The summed E-state index contributed by atoms with van der Waals surface area (Å²) in [5.41, 5.74) is 1.17. The van der Waals surface area contributed by atoms with Crippen LogP contribution in [0.25, 0.3) is 11.1 Å². The first-order valence-electron chi connectivity index (χ1n) is 7.95. The summed E-state index contributed by atoms with van der Waals surface area (Å²) in [6.45, 7) is 7.42. The van der Waals surface area contributed by atoms with Gasteiger partial charge in [0.1, 0.15) is 5.52 Å². The minimum absolute atomic E-state index is 0.104. The van der Waals surface area contributed by atoms with Gasteiger partial charge < -0.3 is 14.6 Å². The van der Waals surface area contributed by atoms with Gasteiger partial charge in [0.15, 0.2) is 5.58 Å². The van der Waals surface area contributed by atoms with Crippen molar-refractivity contribution < 1.29 is 9.21 Å². The van der Waals surface area contributed by atoms with Crippen LogP contribution in [0.1, 0.15) is 33.6 Å². The fourth-order valence-electron chi connectivity index (χ4n) is 2.64. The summed E-state index contributed by atoms with van der Waals surface area (Å²) in [6.07, 6.45) is 1.78. The summed E-state index contributed by atoms with van der Waals surface area (Å²) in [5.74, 6) is 0.104. The first-order valence-corrected chi connectivity index (χ1v) is 8.33. The number of anilines is 1. The highest BCUT2D eigenvalue weighted by Gasteiger charge is 2.27. The van der Waals surface area contributed by atoms with E-state index in [0.717, 1.165) is 37.0 Å². The average Bonchev–Trinajstić information content (AvgIpc) is 2.90. The molecule has 0 bridgehead atoms. The van der Waals surface area contributed by atoms with Crippen LogP contribution in [-0.2, 0) is 4.79 Å². The number of piperidine rings is 1. The molecule has 23 heavy (non-hydrogen) atoms. The van der Waals surface area contributed by atoms with Crippen molar-refractivity contribution in [1.29, 1.82) is 0 Å². The number of aromatic nitrogens is 1. The Labute approximate surface area is 141 Å². The van der Waals surface area contributed by atoms with Crippen molar-refractivity contribution in [3.05, 3.63) is 23.2 Å². The van der Waals surface area contributed by atoms with Crippen molar-refractivity contribution in [2.75, 3.05) is 18.0 Å². The molecule has 0 saturated carbocycles. The van der Waals surface area contributed by atoms with Crippen LogP contribution in [0.15, 0.2) is 22.6 Å². The maximum absolute atomic E-state index is 12.1. The van der Waals surface area contributed by atoms with Crippen molar-refractivity contribution in [1.82, 2.24) is 10.3 Å². The summed E-state index contributed by atoms with van der Waals surface area (Å²) in [4.78, 5) is 18.7. The van der Waals surface area contributed by atoms with Gasteiger partial charge in [0, 0.05) is 29.6 Å². The molecule has 5 nitrogen and oxygen atoms in total. The monoisotopic (exact) mass is 335 g/mol. The van der Waals surface area contributed by atoms with E-state index in [9.17, 15) is 4.79 Å². The molecule has 1 aromatic carbocycles. The van der Waals surface area contributed by atoms with Crippen molar-refractivity contribution in [3.63, 3.8) is 0 Å². The van der Waals surface area contributed by atoms with Crippen LogP contribution in [0.2, 0.25) is 5.02 Å². The van der Waals surface area contributed by atoms with E-state index in [1.165, 1.54) is 0 Å². The molecule has 0 unspecified atom stereocenters. The lowest BCUT2D eigenvalue weighted by molar-refractivity contribution is -0.129. The quantitative estimate of drug-likeness (QED) is 0.910. The van der Waals surface area contributed by atoms with E-state index in [1.54, 1.807) is 12.1 Å². The zero-order valence-corrected chi connectivity index (χ0v) is 14.5. The van der Waals surface area contributed by atoms with Gasteiger partial charge in [-0.05, 0) is 31.0 Å². The third kappa shape index (κ3) is 3.61. The molecular weight excluding hydrogens is 314 g/mol. The summed E-state index contributed by atoms with van der Waals surface area (Å²) >= 11 is 5.98. The van der Waals surface area contributed by atoms with Gasteiger partial charge in [-0.2, -0.15) is 4.98 Å². The lowest BCUT2D eigenvalue weighted by Gasteiger charge is -2.32. The van der Waals surface area contributed by atoms with Crippen LogP contribution in [0.4, 0.5) is 6.01 Å². The first kappa shape index (κ1) is 16.1. The molecule has 2 heterocycles. The van der Waals surface area contributed by atoms with E-state index in [1.807, 2.05) is 26.8 Å². The van der Waals surface area contributed by atoms with Gasteiger partial charge in [0.25, 0.3) is 6.01 Å². The molecule has 2 aromatic rings. The lowest BCUT2D eigenvalue weighted by Crippen LogP contribution is -2.47. The van der Waals surface area contributed by atoms with Crippen molar-refractivity contribution in [2.24, 2.45) is 5.41 Å². The Bertz CT molecular complexity index is 712. The lowest BCUT2D eigenvalue weighted by atomic mass is 9.94. The Balaban J connectivity index is 1.63. The standard InChI is InChI=1S/C17H22ClN3O2/c1-17(2,3)15(22)19-12-6-8-21(9-7-12)16-20-13-10-11(18)4-5-14(13)23-16/h4-5,10,12H,6-9H2,1-3H3,(H,19,22). The van der Waals surface area contributed by atoms with Gasteiger partial charge in [-0.15, -0.1) is 0 Å². The Hall–Kier alpha value is -1.75. The number of hydrogen-bond donors (Lipinski definition) is 1. The van der Waals surface area contributed by atoms with Gasteiger partial charge in [-0.25, -0.2) is 0 Å². The smallest absolute Gasteiger partial charge is 0.298 e. The molecule has 124 valence electrons. The Morgan fingerprint density at radius 3 is 2.70 bits per heavy atom. The molecule has 0 spiro atoms. The molecule has 0 atom stereocenters. The van der Waals surface area contributed by atoms with E-state index < -0.39 is 0 Å². The molecule has 1 amide bonds. The topological polar surface area (TPSA) is 58.4 Å². The molecule has 1 aliphatic rings. The van der Waals surface area contributed by atoms with Crippen molar-refractivity contribution >= 4 is 34.6 Å². The number of hydrogen-bond acceptors (Lipinski definition) is 4. The fraction of sp³-hybridized carbons (Fsp3) is 0.529. The maximum atomic E-state index is 12.1. The Kier molecular flexibility index (Phi) is 4.23. The van der Waals surface area contributed by atoms with Crippen molar-refractivity contribution in [2.45, 2.75) is 39.7 Å². The van der Waals surface area contributed by atoms with Gasteiger partial charge in [-0.1, -0.05) is 32.4 Å². The second-order valence-electron chi connectivity index (χ2n) is 7.09. The van der Waals surface area contributed by atoms with E-state index in [0.29, 0.717) is 11.0 Å². The number of nitrogens with one attached hydrogen (secondary N) is 1. The van der Waals surface area contributed by atoms with Crippen LogP contribution < -0.4 is 10.2 Å². The molecule has 1 aliphatic heterocycles. The zero-order valence-electron chi connectivity index (χ0n) is 13.7. The molecule has 3 rings (SSSR count). The average molecular weight is 336 g/mol. The highest BCUT2D eigenvalue weighted by atomic mass is 35.5. The number of fused-ring (bicyclic) bond motifs is 1. The molecule has 0 radical (unpaired) electrons. The second kappa shape index (κ2) is 6.04. The summed E-state index contributed by atoms with van der Waals surface area (Å²) < 4.78 is 5.80. The number of rotatable bonds is 2. The number of oxazole rings is 1. The van der Waals surface area contributed by atoms with Crippen LogP contribution in [-0.4, -0.2) is 30.0 Å². The van der Waals surface area contributed by atoms with E-state index in [2.05, 4.69) is 15.2 Å². The second-order valence-corrected chi connectivity index (χ2v) is 7.53. The number of amides is 1. The predicted molar refractivity (Wildman–Crippen MR) is 91.9 cm³/mol. The van der Waals surface area contributed by atoms with E-state index >= 15 is 0 Å². The third-order valence-corrected chi connectivity index (χ3v) is 4.36. The van der Waals surface area contributed by atoms with Crippen LogP contribution >= 0.6 is 11.6 Å². The normalized spacial score (nSPS) is 16.8. The largest absolute Gasteiger partial charge is 0.423 e. The Morgan fingerprint density at radius 1 is 1.35 bits per heavy atom. The minimum Gasteiger partial charge on any atom is -0.423 e. The fourth-order valence-corrected chi connectivity index (χ4v) is 2.81. The molecular formula is C17H22ClN3O2. The highest BCUT2D eigenvalue weighted by molar-refractivity contribution is 6.31. The minimum atomic E-state index is -0.351. The molecule has 1 aromatic heterocycles. The summed E-state index contributed by atoms with van der Waals surface area (Å²) in [6, 6.07) is 6.29. The van der Waals surface area contributed by atoms with Crippen LogP contribution in [0, 0.1) is 5.41 Å². The van der Waals surface area contributed by atoms with Gasteiger partial charge in [-0.3, -0.25) is 4.79 Å². The molecule has 0 aliphatic carbocycles. The molecule has 1 N–H and O–H groups in total. The number of carbonyl (C=O) groups excluding carboxylic acids is 1. The first-order chi connectivity index (χ1) is 10.8. The predicted octanol–water partition coefficient (Wildman–Crippen LogP) is 3.61. The van der Waals surface area contributed by atoms with Gasteiger partial charge in [0.2, 0.25) is 5.91 Å². The number of benzene rings is 1. The van der Waals surface area contributed by atoms with Crippen LogP contribution in [0.3, 0.4) is 0 Å². The summed E-state index contributed by atoms with van der Waals surface area (Å²) in [7, 11) is 0. The van der Waals surface area contributed by atoms with Crippen molar-refractivity contribution in [3.8, 4) is 0 Å². The number of carbonyl (C=O) groups is 1.